The van der Waals surface area contributed by atoms with Crippen molar-refractivity contribution in [3.05, 3.63) is 23.8 Å². The second-order valence-electron chi connectivity index (χ2n) is 6.01. The van der Waals surface area contributed by atoms with Crippen LogP contribution in [0.15, 0.2) is 18.2 Å². The lowest BCUT2D eigenvalue weighted by Crippen LogP contribution is -2.44. The van der Waals surface area contributed by atoms with Crippen LogP contribution in [0.3, 0.4) is 0 Å². The monoisotopic (exact) mass is 290 g/mol. The SMILES string of the molecule is CNCC1CCCCN1Cc1ccc2c(c1)OCCCO2. The molecule has 0 saturated carbocycles. The maximum atomic E-state index is 5.80. The highest BCUT2D eigenvalue weighted by molar-refractivity contribution is 5.43. The van der Waals surface area contributed by atoms with Gasteiger partial charge in [-0.05, 0) is 44.1 Å². The topological polar surface area (TPSA) is 33.7 Å². The van der Waals surface area contributed by atoms with Gasteiger partial charge in [0.05, 0.1) is 13.2 Å². The van der Waals surface area contributed by atoms with Gasteiger partial charge in [-0.15, -0.1) is 0 Å². The van der Waals surface area contributed by atoms with Crippen molar-refractivity contribution >= 4 is 0 Å². The summed E-state index contributed by atoms with van der Waals surface area (Å²) in [4.78, 5) is 2.60. The zero-order chi connectivity index (χ0) is 14.5. The van der Waals surface area contributed by atoms with Crippen LogP contribution in [0.1, 0.15) is 31.2 Å². The van der Waals surface area contributed by atoms with E-state index in [-0.39, 0.29) is 0 Å². The first-order chi connectivity index (χ1) is 10.4. The van der Waals surface area contributed by atoms with Crippen molar-refractivity contribution < 1.29 is 9.47 Å². The van der Waals surface area contributed by atoms with Crippen LogP contribution < -0.4 is 14.8 Å². The fourth-order valence-electron chi connectivity index (χ4n) is 3.28. The van der Waals surface area contributed by atoms with Crippen molar-refractivity contribution in [1.82, 2.24) is 10.2 Å². The third-order valence-electron chi connectivity index (χ3n) is 4.39. The minimum absolute atomic E-state index is 0.653. The number of piperidine rings is 1. The number of nitrogens with zero attached hydrogens (tertiary/aromatic N) is 1. The first-order valence-electron chi connectivity index (χ1n) is 8.14. The second kappa shape index (κ2) is 7.14. The van der Waals surface area contributed by atoms with Crippen LogP contribution in [0.25, 0.3) is 0 Å². The lowest BCUT2D eigenvalue weighted by molar-refractivity contribution is 0.139. The van der Waals surface area contributed by atoms with E-state index in [4.69, 9.17) is 9.47 Å². The number of fused-ring (bicyclic) bond motifs is 1. The summed E-state index contributed by atoms with van der Waals surface area (Å²) in [7, 11) is 2.04. The van der Waals surface area contributed by atoms with Gasteiger partial charge in [0.15, 0.2) is 11.5 Å². The van der Waals surface area contributed by atoms with Crippen molar-refractivity contribution in [3.63, 3.8) is 0 Å². The molecule has 0 amide bonds. The van der Waals surface area contributed by atoms with E-state index in [2.05, 4.69) is 28.4 Å². The highest BCUT2D eigenvalue weighted by Gasteiger charge is 2.22. The fourth-order valence-corrected chi connectivity index (χ4v) is 3.28. The molecule has 4 nitrogen and oxygen atoms in total. The lowest BCUT2D eigenvalue weighted by atomic mass is 10.0. The molecule has 21 heavy (non-hydrogen) atoms. The van der Waals surface area contributed by atoms with E-state index in [1.165, 1.54) is 31.4 Å². The summed E-state index contributed by atoms with van der Waals surface area (Å²) in [5.74, 6) is 1.80. The third kappa shape index (κ3) is 3.69. The molecular formula is C17H26N2O2. The summed E-state index contributed by atoms with van der Waals surface area (Å²) in [6.07, 6.45) is 4.92. The first kappa shape index (κ1) is 14.7. The molecule has 116 valence electrons. The van der Waals surface area contributed by atoms with Gasteiger partial charge in [0.1, 0.15) is 0 Å². The number of nitrogens with one attached hydrogen (secondary N) is 1. The minimum Gasteiger partial charge on any atom is -0.490 e. The van der Waals surface area contributed by atoms with E-state index in [1.807, 2.05) is 7.05 Å². The molecule has 0 aromatic heterocycles. The quantitative estimate of drug-likeness (QED) is 0.923. The summed E-state index contributed by atoms with van der Waals surface area (Å²) in [6, 6.07) is 7.05. The van der Waals surface area contributed by atoms with Gasteiger partial charge in [0.2, 0.25) is 0 Å². The summed E-state index contributed by atoms with van der Waals surface area (Å²) in [6.45, 7) is 4.78. The van der Waals surface area contributed by atoms with Crippen LogP contribution in [-0.4, -0.2) is 44.3 Å². The molecule has 1 unspecified atom stereocenters. The van der Waals surface area contributed by atoms with E-state index in [1.54, 1.807) is 0 Å². The van der Waals surface area contributed by atoms with Crippen LogP contribution >= 0.6 is 0 Å². The first-order valence-corrected chi connectivity index (χ1v) is 8.14. The molecule has 0 aliphatic carbocycles. The fraction of sp³-hybridized carbons (Fsp3) is 0.647. The molecule has 2 aliphatic rings. The van der Waals surface area contributed by atoms with Crippen LogP contribution in [0.2, 0.25) is 0 Å². The zero-order valence-corrected chi connectivity index (χ0v) is 12.9. The van der Waals surface area contributed by atoms with Gasteiger partial charge in [-0.25, -0.2) is 0 Å². The molecule has 2 heterocycles. The van der Waals surface area contributed by atoms with E-state index in [9.17, 15) is 0 Å². The number of hydrogen-bond donors (Lipinski definition) is 1. The van der Waals surface area contributed by atoms with Gasteiger partial charge in [0.25, 0.3) is 0 Å². The molecule has 0 bridgehead atoms. The minimum atomic E-state index is 0.653. The summed E-state index contributed by atoms with van der Waals surface area (Å²) in [5, 5.41) is 3.33. The molecular weight excluding hydrogens is 264 g/mol. The maximum Gasteiger partial charge on any atom is 0.161 e. The molecule has 1 aromatic carbocycles. The van der Waals surface area contributed by atoms with Crippen molar-refractivity contribution in [2.24, 2.45) is 0 Å². The van der Waals surface area contributed by atoms with Gasteiger partial charge >= 0.3 is 0 Å². The van der Waals surface area contributed by atoms with Crippen LogP contribution in [0.5, 0.6) is 11.5 Å². The molecule has 1 atom stereocenters. The van der Waals surface area contributed by atoms with Crippen molar-refractivity contribution in [1.29, 1.82) is 0 Å². The smallest absolute Gasteiger partial charge is 0.161 e. The van der Waals surface area contributed by atoms with Crippen LogP contribution in [0, 0.1) is 0 Å². The maximum absolute atomic E-state index is 5.80. The number of hydrogen-bond acceptors (Lipinski definition) is 4. The highest BCUT2D eigenvalue weighted by atomic mass is 16.5. The van der Waals surface area contributed by atoms with E-state index in [0.717, 1.165) is 44.2 Å². The van der Waals surface area contributed by atoms with Gasteiger partial charge in [-0.3, -0.25) is 4.90 Å². The van der Waals surface area contributed by atoms with E-state index >= 15 is 0 Å². The summed E-state index contributed by atoms with van der Waals surface area (Å²) in [5.41, 5.74) is 1.32. The number of likely N-dealkylation sites (tertiary alicyclic amines) is 1. The molecule has 0 spiro atoms. The molecule has 1 fully saturated rings. The Labute approximate surface area is 127 Å². The summed E-state index contributed by atoms with van der Waals surface area (Å²) >= 11 is 0. The number of rotatable bonds is 4. The predicted molar refractivity (Wildman–Crippen MR) is 84.0 cm³/mol. The molecule has 2 aliphatic heterocycles. The molecule has 1 N–H and O–H groups in total. The molecule has 1 saturated heterocycles. The average molecular weight is 290 g/mol. The van der Waals surface area contributed by atoms with Crippen LogP contribution in [-0.2, 0) is 6.54 Å². The molecule has 0 radical (unpaired) electrons. The number of ether oxygens (including phenoxy) is 2. The third-order valence-corrected chi connectivity index (χ3v) is 4.39. The normalized spacial score (nSPS) is 22.8. The van der Waals surface area contributed by atoms with Crippen molar-refractivity contribution in [3.8, 4) is 11.5 Å². The number of likely N-dealkylation sites (N-methyl/N-ethyl adjacent to an activating group) is 1. The Morgan fingerprint density at radius 3 is 2.86 bits per heavy atom. The average Bonchev–Trinajstić information content (AvgIpc) is 2.74. The molecule has 1 aromatic rings. The lowest BCUT2D eigenvalue weighted by Gasteiger charge is -2.35. The largest absolute Gasteiger partial charge is 0.490 e. The zero-order valence-electron chi connectivity index (χ0n) is 12.9. The predicted octanol–water partition coefficient (Wildman–Crippen LogP) is 2.42. The Bertz CT molecular complexity index is 462. The van der Waals surface area contributed by atoms with E-state index in [0.29, 0.717) is 6.04 Å². The standard InChI is InChI=1S/C17H26N2O2/c1-18-12-15-5-2-3-8-19(15)13-14-6-7-16-17(11-14)21-10-4-9-20-16/h6-7,11,15,18H,2-5,8-10,12-13H2,1H3. The van der Waals surface area contributed by atoms with Gasteiger partial charge in [-0.1, -0.05) is 12.5 Å². The Morgan fingerprint density at radius 1 is 1.14 bits per heavy atom. The Balaban J connectivity index is 1.70. The van der Waals surface area contributed by atoms with E-state index < -0.39 is 0 Å². The van der Waals surface area contributed by atoms with Gasteiger partial charge in [0, 0.05) is 25.6 Å². The number of benzene rings is 1. The Kier molecular flexibility index (Phi) is 4.99. The van der Waals surface area contributed by atoms with Crippen molar-refractivity contribution in [2.75, 3.05) is 33.4 Å². The van der Waals surface area contributed by atoms with Crippen LogP contribution in [0.4, 0.5) is 0 Å². The second-order valence-corrected chi connectivity index (χ2v) is 6.01. The molecule has 3 rings (SSSR count). The highest BCUT2D eigenvalue weighted by Crippen LogP contribution is 2.31. The van der Waals surface area contributed by atoms with Crippen molar-refractivity contribution in [2.45, 2.75) is 38.3 Å². The van der Waals surface area contributed by atoms with Gasteiger partial charge in [-0.2, -0.15) is 0 Å². The summed E-state index contributed by atoms with van der Waals surface area (Å²) < 4.78 is 11.5. The molecule has 4 heteroatoms. The van der Waals surface area contributed by atoms with Gasteiger partial charge < -0.3 is 14.8 Å². The Morgan fingerprint density at radius 2 is 2.00 bits per heavy atom. The Hall–Kier alpha value is -1.26.